The van der Waals surface area contributed by atoms with Crippen molar-refractivity contribution in [1.29, 1.82) is 0 Å². The van der Waals surface area contributed by atoms with Crippen LogP contribution >= 0.6 is 0 Å². The Labute approximate surface area is 149 Å². The molecule has 136 valence electrons. The second-order valence-corrected chi connectivity index (χ2v) is 7.21. The van der Waals surface area contributed by atoms with Gasteiger partial charge in [-0.15, -0.1) is 0 Å². The molecule has 0 spiro atoms. The van der Waals surface area contributed by atoms with Crippen molar-refractivity contribution in [2.45, 2.75) is 57.0 Å². The molecule has 2 aliphatic rings. The lowest BCUT2D eigenvalue weighted by Crippen LogP contribution is -2.48. The number of benzene rings is 1. The summed E-state index contributed by atoms with van der Waals surface area (Å²) in [4.78, 5) is 26.9. The average molecular weight is 344 g/mol. The van der Waals surface area contributed by atoms with E-state index in [1.54, 1.807) is 19.1 Å². The quantitative estimate of drug-likeness (QED) is 0.913. The van der Waals surface area contributed by atoms with Crippen molar-refractivity contribution in [3.8, 4) is 5.75 Å². The molecule has 1 aliphatic heterocycles. The highest BCUT2D eigenvalue weighted by atomic mass is 16.5. The standard InChI is InChI=1S/C20H28N2O3/c1-22-18(23)13-12-17(20(24)21-15-6-4-3-5-7-15)19(22)14-8-10-16(25-2)11-9-14/h8-11,15,17,19H,3-7,12-13H2,1-2H3,(H,21,24)/t17-,19+/m1/s1. The first-order valence-electron chi connectivity index (χ1n) is 9.30. The van der Waals surface area contributed by atoms with Crippen LogP contribution in [0.2, 0.25) is 0 Å². The molecule has 0 unspecified atom stereocenters. The van der Waals surface area contributed by atoms with E-state index in [-0.39, 0.29) is 23.8 Å². The molecule has 2 amide bonds. The van der Waals surface area contributed by atoms with Gasteiger partial charge in [0, 0.05) is 19.5 Å². The first-order chi connectivity index (χ1) is 12.1. The fourth-order valence-electron chi connectivity index (χ4n) is 4.12. The third-order valence-corrected chi connectivity index (χ3v) is 5.61. The number of nitrogens with one attached hydrogen (secondary N) is 1. The summed E-state index contributed by atoms with van der Waals surface area (Å²) >= 11 is 0. The highest BCUT2D eigenvalue weighted by molar-refractivity contribution is 5.85. The number of nitrogens with zero attached hydrogens (tertiary/aromatic N) is 1. The SMILES string of the molecule is COc1ccc([C@H]2[C@H](C(=O)NC3CCCCC3)CCC(=O)N2C)cc1. The van der Waals surface area contributed by atoms with Gasteiger partial charge in [0.15, 0.2) is 0 Å². The fourth-order valence-corrected chi connectivity index (χ4v) is 4.12. The van der Waals surface area contributed by atoms with E-state index in [1.165, 1.54) is 19.3 Å². The average Bonchev–Trinajstić information content (AvgIpc) is 2.64. The van der Waals surface area contributed by atoms with Crippen LogP contribution in [0.3, 0.4) is 0 Å². The molecule has 1 heterocycles. The maximum absolute atomic E-state index is 13.0. The minimum Gasteiger partial charge on any atom is -0.497 e. The van der Waals surface area contributed by atoms with E-state index in [9.17, 15) is 9.59 Å². The summed E-state index contributed by atoms with van der Waals surface area (Å²) in [7, 11) is 3.43. The van der Waals surface area contributed by atoms with E-state index in [1.807, 2.05) is 24.3 Å². The number of rotatable bonds is 4. The number of amides is 2. The first-order valence-corrected chi connectivity index (χ1v) is 9.30. The van der Waals surface area contributed by atoms with Gasteiger partial charge in [-0.05, 0) is 37.0 Å². The molecule has 2 atom stereocenters. The van der Waals surface area contributed by atoms with Gasteiger partial charge in [-0.25, -0.2) is 0 Å². The molecule has 0 radical (unpaired) electrons. The summed E-state index contributed by atoms with van der Waals surface area (Å²) in [6, 6.07) is 7.77. The molecule has 1 aliphatic carbocycles. The fraction of sp³-hybridized carbons (Fsp3) is 0.600. The summed E-state index contributed by atoms with van der Waals surface area (Å²) in [5.74, 6) is 0.768. The van der Waals surface area contributed by atoms with Crippen molar-refractivity contribution in [3.05, 3.63) is 29.8 Å². The smallest absolute Gasteiger partial charge is 0.225 e. The van der Waals surface area contributed by atoms with Crippen LogP contribution in [0.1, 0.15) is 56.6 Å². The predicted molar refractivity (Wildman–Crippen MR) is 96.2 cm³/mol. The van der Waals surface area contributed by atoms with E-state index in [0.717, 1.165) is 24.2 Å². The Balaban J connectivity index is 1.78. The van der Waals surface area contributed by atoms with E-state index in [0.29, 0.717) is 18.9 Å². The van der Waals surface area contributed by atoms with Crippen molar-refractivity contribution in [1.82, 2.24) is 10.2 Å². The second-order valence-electron chi connectivity index (χ2n) is 7.21. The largest absolute Gasteiger partial charge is 0.497 e. The molecule has 0 bridgehead atoms. The molecule has 0 aromatic heterocycles. The van der Waals surface area contributed by atoms with E-state index >= 15 is 0 Å². The van der Waals surface area contributed by atoms with E-state index < -0.39 is 0 Å². The van der Waals surface area contributed by atoms with E-state index in [4.69, 9.17) is 4.74 Å². The van der Waals surface area contributed by atoms with Gasteiger partial charge in [0.05, 0.1) is 19.1 Å². The number of carbonyl (C=O) groups excluding carboxylic acids is 2. The number of hydrogen-bond acceptors (Lipinski definition) is 3. The molecule has 25 heavy (non-hydrogen) atoms. The molecular weight excluding hydrogens is 316 g/mol. The summed E-state index contributed by atoms with van der Waals surface area (Å²) in [5.41, 5.74) is 0.986. The Kier molecular flexibility index (Phi) is 5.61. The summed E-state index contributed by atoms with van der Waals surface area (Å²) in [6.07, 6.45) is 6.83. The van der Waals surface area contributed by atoms with Gasteiger partial charge in [0.25, 0.3) is 0 Å². The van der Waals surface area contributed by atoms with Crippen molar-refractivity contribution >= 4 is 11.8 Å². The predicted octanol–water partition coefficient (Wildman–Crippen LogP) is 3.05. The molecular formula is C20H28N2O3. The van der Waals surface area contributed by atoms with Crippen LogP contribution in [-0.2, 0) is 9.59 Å². The highest BCUT2D eigenvalue weighted by Crippen LogP contribution is 2.36. The lowest BCUT2D eigenvalue weighted by Gasteiger charge is -2.39. The summed E-state index contributed by atoms with van der Waals surface area (Å²) in [6.45, 7) is 0. The zero-order chi connectivity index (χ0) is 17.8. The van der Waals surface area contributed by atoms with Crippen LogP contribution in [0.25, 0.3) is 0 Å². The zero-order valence-corrected chi connectivity index (χ0v) is 15.2. The normalized spacial score (nSPS) is 24.9. The van der Waals surface area contributed by atoms with Gasteiger partial charge in [-0.3, -0.25) is 9.59 Å². The van der Waals surface area contributed by atoms with Crippen LogP contribution in [0.5, 0.6) is 5.75 Å². The van der Waals surface area contributed by atoms with Crippen LogP contribution < -0.4 is 10.1 Å². The van der Waals surface area contributed by atoms with Gasteiger partial charge >= 0.3 is 0 Å². The van der Waals surface area contributed by atoms with Crippen molar-refractivity contribution in [3.63, 3.8) is 0 Å². The number of ether oxygens (including phenoxy) is 1. The molecule has 1 saturated heterocycles. The van der Waals surface area contributed by atoms with Crippen LogP contribution in [-0.4, -0.2) is 36.9 Å². The lowest BCUT2D eigenvalue weighted by atomic mass is 9.83. The van der Waals surface area contributed by atoms with Gasteiger partial charge in [-0.2, -0.15) is 0 Å². The van der Waals surface area contributed by atoms with Crippen molar-refractivity contribution < 1.29 is 14.3 Å². The van der Waals surface area contributed by atoms with Crippen LogP contribution in [0.15, 0.2) is 24.3 Å². The zero-order valence-electron chi connectivity index (χ0n) is 15.2. The number of piperidine rings is 1. The Morgan fingerprint density at radius 1 is 1.12 bits per heavy atom. The Hall–Kier alpha value is -2.04. The molecule has 5 nitrogen and oxygen atoms in total. The summed E-state index contributed by atoms with van der Waals surface area (Å²) in [5, 5.41) is 3.24. The van der Waals surface area contributed by atoms with Crippen molar-refractivity contribution in [2.75, 3.05) is 14.2 Å². The minimum atomic E-state index is -0.212. The lowest BCUT2D eigenvalue weighted by molar-refractivity contribution is -0.142. The molecule has 3 rings (SSSR count). The number of carbonyl (C=O) groups is 2. The van der Waals surface area contributed by atoms with Crippen LogP contribution in [0.4, 0.5) is 0 Å². The third-order valence-electron chi connectivity index (χ3n) is 5.61. The summed E-state index contributed by atoms with van der Waals surface area (Å²) < 4.78 is 5.22. The molecule has 1 saturated carbocycles. The second kappa shape index (κ2) is 7.89. The third kappa shape index (κ3) is 3.97. The topological polar surface area (TPSA) is 58.6 Å². The van der Waals surface area contributed by atoms with E-state index in [2.05, 4.69) is 5.32 Å². The van der Waals surface area contributed by atoms with Crippen molar-refractivity contribution in [2.24, 2.45) is 5.92 Å². The Bertz CT molecular complexity index is 608. The Morgan fingerprint density at radius 3 is 2.44 bits per heavy atom. The molecule has 1 N–H and O–H groups in total. The number of likely N-dealkylation sites (tertiary alicyclic amines) is 1. The maximum Gasteiger partial charge on any atom is 0.225 e. The highest BCUT2D eigenvalue weighted by Gasteiger charge is 2.39. The van der Waals surface area contributed by atoms with Crippen LogP contribution in [0, 0.1) is 5.92 Å². The molecule has 1 aromatic carbocycles. The van der Waals surface area contributed by atoms with Gasteiger partial charge in [0.2, 0.25) is 11.8 Å². The first kappa shape index (κ1) is 17.8. The number of methoxy groups -OCH3 is 1. The molecule has 2 fully saturated rings. The monoisotopic (exact) mass is 344 g/mol. The molecule has 1 aromatic rings. The van der Waals surface area contributed by atoms with Gasteiger partial charge in [0.1, 0.15) is 5.75 Å². The number of hydrogen-bond donors (Lipinski definition) is 1. The Morgan fingerprint density at radius 2 is 1.80 bits per heavy atom. The maximum atomic E-state index is 13.0. The van der Waals surface area contributed by atoms with Gasteiger partial charge in [-0.1, -0.05) is 31.4 Å². The minimum absolute atomic E-state index is 0.0899. The van der Waals surface area contributed by atoms with Gasteiger partial charge < -0.3 is 15.0 Å². The molecule has 5 heteroatoms.